The van der Waals surface area contributed by atoms with E-state index >= 15 is 0 Å². The number of rotatable bonds is 2. The molecule has 0 amide bonds. The van der Waals surface area contributed by atoms with Gasteiger partial charge in [-0.05, 0) is 0 Å². The van der Waals surface area contributed by atoms with Crippen molar-refractivity contribution in [2.45, 2.75) is 0 Å². The molecule has 70 valence electrons. The molecule has 0 aliphatic rings. The Morgan fingerprint density at radius 3 is 1.73 bits per heavy atom. The van der Waals surface area contributed by atoms with Crippen LogP contribution in [0.3, 0.4) is 0 Å². The van der Waals surface area contributed by atoms with Crippen LogP contribution in [0.15, 0.2) is 0 Å². The maximum atomic E-state index is 8.65. The summed E-state index contributed by atoms with van der Waals surface area (Å²) in [5.74, 6) is 0. The van der Waals surface area contributed by atoms with Gasteiger partial charge in [-0.25, -0.2) is 0 Å². The van der Waals surface area contributed by atoms with Crippen molar-refractivity contribution >= 4 is 14.5 Å². The first kappa shape index (κ1) is 13.7. The van der Waals surface area contributed by atoms with Gasteiger partial charge in [-0.1, -0.05) is 0 Å². The molecular formula is C5H15NO4Se. The van der Waals surface area contributed by atoms with Crippen molar-refractivity contribution in [3.8, 4) is 0 Å². The molecule has 0 aliphatic heterocycles. The van der Waals surface area contributed by atoms with Gasteiger partial charge in [0.1, 0.15) is 6.54 Å². The van der Waals surface area contributed by atoms with E-state index in [1.807, 2.05) is 0 Å². The first-order valence-electron chi connectivity index (χ1n) is 2.99. The van der Waals surface area contributed by atoms with E-state index in [1.165, 1.54) is 0 Å². The minimum absolute atomic E-state index is 0.281. The standard InChI is InChI=1S/C5H14NO.H2O3Se/c1-6(2,3)4-5-7;1-4(2)3/h7H,4-5H2,1-3H3;(H2,1,2,3)/q+1;/p-1. The molecule has 0 radical (unpaired) electrons. The summed E-state index contributed by atoms with van der Waals surface area (Å²) in [6.45, 7) is 1.11. The van der Waals surface area contributed by atoms with Crippen LogP contribution in [0.25, 0.3) is 0 Å². The Morgan fingerprint density at radius 1 is 1.45 bits per heavy atom. The molecule has 0 fully saturated rings. The first-order valence-corrected chi connectivity index (χ1v) is 5.15. The Morgan fingerprint density at radius 2 is 1.73 bits per heavy atom. The quantitative estimate of drug-likeness (QED) is 0.405. The molecule has 0 bridgehead atoms. The summed E-state index contributed by atoms with van der Waals surface area (Å²) >= 11 is -3.54. The van der Waals surface area contributed by atoms with Gasteiger partial charge in [0.05, 0.1) is 27.7 Å². The third-order valence-corrected chi connectivity index (χ3v) is 0.771. The first-order chi connectivity index (χ1) is 4.79. The van der Waals surface area contributed by atoms with Gasteiger partial charge >= 0.3 is 26.7 Å². The van der Waals surface area contributed by atoms with Crippen molar-refractivity contribution in [2.24, 2.45) is 0 Å². The van der Waals surface area contributed by atoms with E-state index < -0.39 is 14.5 Å². The molecule has 2 N–H and O–H groups in total. The Hall–Kier alpha value is 0.159. The molecule has 0 spiro atoms. The monoisotopic (exact) mass is 233 g/mol. The molecule has 0 saturated heterocycles. The van der Waals surface area contributed by atoms with Crippen molar-refractivity contribution in [3.63, 3.8) is 0 Å². The molecule has 0 aliphatic carbocycles. The molecule has 0 heterocycles. The van der Waals surface area contributed by atoms with E-state index in [2.05, 4.69) is 21.1 Å². The van der Waals surface area contributed by atoms with Crippen LogP contribution in [-0.4, -0.2) is 62.6 Å². The minimum atomic E-state index is -3.54. The SMILES string of the molecule is C[N+](C)(C)CCO.O=[Se]([O-])O. The third kappa shape index (κ3) is 39.1. The molecule has 0 aromatic carbocycles. The molecule has 0 aromatic heterocycles. The summed E-state index contributed by atoms with van der Waals surface area (Å²) in [4.78, 5) is 0. The van der Waals surface area contributed by atoms with Crippen LogP contribution in [0, 0.1) is 0 Å². The average molecular weight is 232 g/mol. The van der Waals surface area contributed by atoms with E-state index in [-0.39, 0.29) is 6.61 Å². The molecule has 0 aromatic rings. The van der Waals surface area contributed by atoms with Crippen LogP contribution in [0.5, 0.6) is 0 Å². The van der Waals surface area contributed by atoms with Crippen LogP contribution in [0.2, 0.25) is 0 Å². The van der Waals surface area contributed by atoms with Crippen LogP contribution in [0.4, 0.5) is 0 Å². The predicted molar refractivity (Wildman–Crippen MR) is 38.6 cm³/mol. The van der Waals surface area contributed by atoms with Crippen LogP contribution >= 0.6 is 0 Å². The fraction of sp³-hybridized carbons (Fsp3) is 1.00. The fourth-order valence-corrected chi connectivity index (χ4v) is 0.300. The Labute approximate surface area is 71.2 Å². The topological polar surface area (TPSA) is 80.6 Å². The molecule has 11 heavy (non-hydrogen) atoms. The molecule has 0 saturated carbocycles. The van der Waals surface area contributed by atoms with E-state index in [0.717, 1.165) is 11.0 Å². The van der Waals surface area contributed by atoms with Gasteiger partial charge in [0.2, 0.25) is 0 Å². The summed E-state index contributed by atoms with van der Waals surface area (Å²) in [5.41, 5.74) is 0. The number of hydrogen-bond donors (Lipinski definition) is 2. The Bertz CT molecular complexity index is 108. The van der Waals surface area contributed by atoms with E-state index in [1.54, 1.807) is 0 Å². The van der Waals surface area contributed by atoms with E-state index in [4.69, 9.17) is 17.3 Å². The summed E-state index contributed by atoms with van der Waals surface area (Å²) < 4.78 is 25.2. The molecule has 1 atom stereocenters. The molecule has 0 rings (SSSR count). The van der Waals surface area contributed by atoms with Crippen molar-refractivity contribution in [1.29, 1.82) is 0 Å². The number of aliphatic hydroxyl groups is 1. The number of hydrogen-bond acceptors (Lipinski definition) is 3. The van der Waals surface area contributed by atoms with E-state index in [0.29, 0.717) is 0 Å². The zero-order chi connectivity index (χ0) is 9.49. The van der Waals surface area contributed by atoms with Gasteiger partial charge in [-0.3, -0.25) is 0 Å². The molecular weight excluding hydrogens is 217 g/mol. The Kier molecular flexibility index (Phi) is 8.54. The fourth-order valence-electron chi connectivity index (χ4n) is 0.300. The zero-order valence-corrected chi connectivity index (χ0v) is 8.69. The normalized spacial score (nSPS) is 13.3. The second-order valence-corrected chi connectivity index (χ2v) is 3.87. The van der Waals surface area contributed by atoms with Gasteiger partial charge in [0.15, 0.2) is 0 Å². The summed E-state index contributed by atoms with van der Waals surface area (Å²) in [7, 11) is 6.16. The molecule has 6 heteroatoms. The van der Waals surface area contributed by atoms with Gasteiger partial charge in [0.25, 0.3) is 0 Å². The Balaban J connectivity index is 0. The summed E-state index contributed by atoms with van der Waals surface area (Å²) in [6, 6.07) is 0. The third-order valence-electron chi connectivity index (χ3n) is 0.771. The van der Waals surface area contributed by atoms with Crippen molar-refractivity contribution in [1.82, 2.24) is 0 Å². The van der Waals surface area contributed by atoms with Gasteiger partial charge in [-0.15, -0.1) is 0 Å². The van der Waals surface area contributed by atoms with Crippen molar-refractivity contribution < 1.29 is 21.8 Å². The summed E-state index contributed by atoms with van der Waals surface area (Å²) in [6.07, 6.45) is 0. The molecule has 5 nitrogen and oxygen atoms in total. The predicted octanol–water partition coefficient (Wildman–Crippen LogP) is -2.56. The van der Waals surface area contributed by atoms with Crippen molar-refractivity contribution in [3.05, 3.63) is 0 Å². The van der Waals surface area contributed by atoms with Crippen LogP contribution in [-0.2, 0) is 3.83 Å². The maximum absolute atomic E-state index is 8.65. The summed E-state index contributed by atoms with van der Waals surface area (Å²) in [5, 5.41) is 8.39. The van der Waals surface area contributed by atoms with Gasteiger partial charge < -0.3 is 9.59 Å². The van der Waals surface area contributed by atoms with Crippen LogP contribution in [0.1, 0.15) is 0 Å². The zero-order valence-electron chi connectivity index (χ0n) is 6.98. The van der Waals surface area contributed by atoms with Gasteiger partial charge in [-0.2, -0.15) is 0 Å². The van der Waals surface area contributed by atoms with E-state index in [9.17, 15) is 0 Å². The second kappa shape index (κ2) is 6.84. The average Bonchev–Trinajstić information content (AvgIpc) is 1.58. The number of quaternary nitrogens is 1. The number of likely N-dealkylation sites (N-methyl/N-ethyl adjacent to an activating group) is 1. The second-order valence-electron chi connectivity index (χ2n) is 2.95. The van der Waals surface area contributed by atoms with Crippen molar-refractivity contribution in [2.75, 3.05) is 34.3 Å². The molecule has 1 unspecified atom stereocenters. The van der Waals surface area contributed by atoms with Crippen LogP contribution < -0.4 is 4.19 Å². The number of aliphatic hydroxyl groups excluding tert-OH is 1. The number of nitrogens with zero attached hydrogens (tertiary/aromatic N) is 1. The van der Waals surface area contributed by atoms with Gasteiger partial charge in [0, 0.05) is 0 Å².